The molecule has 4 aliphatic rings. The molecule has 1 aromatic carbocycles. The highest BCUT2D eigenvalue weighted by molar-refractivity contribution is 6.30. The SMILES string of the molecule is NC(Cc1ccc(Cl)c(F)c1)C12CC3CC(CC(C3)C1)C2. The molecule has 3 heteroatoms. The highest BCUT2D eigenvalue weighted by atomic mass is 35.5. The smallest absolute Gasteiger partial charge is 0.142 e. The zero-order valence-electron chi connectivity index (χ0n) is 12.3. The third-order valence-corrected chi connectivity index (χ3v) is 6.62. The predicted octanol–water partition coefficient (Wildman–Crippen LogP) is 4.57. The lowest BCUT2D eigenvalue weighted by atomic mass is 9.47. The first kappa shape index (κ1) is 14.0. The first-order valence-electron chi connectivity index (χ1n) is 8.23. The molecule has 1 atom stereocenters. The molecule has 0 spiro atoms. The molecule has 1 nitrogen and oxygen atoms in total. The quantitative estimate of drug-likeness (QED) is 0.870. The molecule has 5 rings (SSSR count). The summed E-state index contributed by atoms with van der Waals surface area (Å²) in [6.07, 6.45) is 8.98. The van der Waals surface area contributed by atoms with E-state index < -0.39 is 0 Å². The topological polar surface area (TPSA) is 26.0 Å². The van der Waals surface area contributed by atoms with Crippen LogP contribution in [0.5, 0.6) is 0 Å². The maximum Gasteiger partial charge on any atom is 0.142 e. The Hall–Kier alpha value is -0.600. The fourth-order valence-corrected chi connectivity index (χ4v) is 5.89. The summed E-state index contributed by atoms with van der Waals surface area (Å²) in [7, 11) is 0. The van der Waals surface area contributed by atoms with Gasteiger partial charge in [0.25, 0.3) is 0 Å². The number of rotatable bonds is 3. The van der Waals surface area contributed by atoms with Crippen LogP contribution >= 0.6 is 11.6 Å². The molecule has 0 aromatic heterocycles. The molecular formula is C18H23ClFN. The minimum atomic E-state index is -0.327. The highest BCUT2D eigenvalue weighted by Gasteiger charge is 2.53. The van der Waals surface area contributed by atoms with Crippen molar-refractivity contribution in [3.63, 3.8) is 0 Å². The van der Waals surface area contributed by atoms with Crippen LogP contribution in [0.4, 0.5) is 4.39 Å². The molecule has 0 heterocycles. The van der Waals surface area contributed by atoms with Crippen molar-refractivity contribution < 1.29 is 4.39 Å². The Balaban J connectivity index is 1.54. The van der Waals surface area contributed by atoms with Crippen molar-refractivity contribution in [1.82, 2.24) is 0 Å². The summed E-state index contributed by atoms with van der Waals surface area (Å²) in [5, 5.41) is 0.196. The van der Waals surface area contributed by atoms with E-state index in [1.807, 2.05) is 6.07 Å². The lowest BCUT2D eigenvalue weighted by Crippen LogP contribution is -2.55. The first-order valence-corrected chi connectivity index (χ1v) is 8.61. The van der Waals surface area contributed by atoms with Crippen molar-refractivity contribution >= 4 is 11.6 Å². The molecule has 0 amide bonds. The molecular weight excluding hydrogens is 285 g/mol. The van der Waals surface area contributed by atoms with E-state index in [-0.39, 0.29) is 16.9 Å². The molecule has 1 unspecified atom stereocenters. The van der Waals surface area contributed by atoms with Crippen LogP contribution in [0.15, 0.2) is 18.2 Å². The summed E-state index contributed by atoms with van der Waals surface area (Å²) in [5.74, 6) is 2.39. The summed E-state index contributed by atoms with van der Waals surface area (Å²) < 4.78 is 13.6. The van der Waals surface area contributed by atoms with Gasteiger partial charge < -0.3 is 5.73 Å². The summed E-state index contributed by atoms with van der Waals surface area (Å²) >= 11 is 5.77. The Kier molecular flexibility index (Phi) is 3.31. The van der Waals surface area contributed by atoms with Crippen LogP contribution in [0.3, 0.4) is 0 Å². The predicted molar refractivity (Wildman–Crippen MR) is 83.7 cm³/mol. The molecule has 0 radical (unpaired) electrons. The monoisotopic (exact) mass is 307 g/mol. The maximum absolute atomic E-state index is 13.6. The van der Waals surface area contributed by atoms with Crippen LogP contribution in [-0.2, 0) is 6.42 Å². The molecule has 21 heavy (non-hydrogen) atoms. The Labute approximate surface area is 131 Å². The lowest BCUT2D eigenvalue weighted by Gasteiger charge is -2.59. The van der Waals surface area contributed by atoms with Crippen LogP contribution in [-0.4, -0.2) is 6.04 Å². The number of halogens is 2. The molecule has 0 aliphatic heterocycles. The van der Waals surface area contributed by atoms with Gasteiger partial charge in [-0.05, 0) is 85.8 Å². The highest BCUT2D eigenvalue weighted by Crippen LogP contribution is 2.61. The molecule has 4 aliphatic carbocycles. The van der Waals surface area contributed by atoms with Crippen molar-refractivity contribution in [3.8, 4) is 0 Å². The summed E-state index contributed by atoms with van der Waals surface area (Å²) in [6.45, 7) is 0. The molecule has 4 bridgehead atoms. The summed E-state index contributed by atoms with van der Waals surface area (Å²) in [6, 6.07) is 5.29. The van der Waals surface area contributed by atoms with Crippen LogP contribution in [0.25, 0.3) is 0 Å². The maximum atomic E-state index is 13.6. The van der Waals surface area contributed by atoms with Crippen LogP contribution in [0.2, 0.25) is 5.02 Å². The average Bonchev–Trinajstić information content (AvgIpc) is 2.41. The molecule has 2 N–H and O–H groups in total. The fraction of sp³-hybridized carbons (Fsp3) is 0.667. The van der Waals surface area contributed by atoms with Crippen LogP contribution in [0, 0.1) is 29.0 Å². The van der Waals surface area contributed by atoms with Gasteiger partial charge in [-0.2, -0.15) is 0 Å². The van der Waals surface area contributed by atoms with Gasteiger partial charge in [0.15, 0.2) is 0 Å². The molecule has 114 valence electrons. The van der Waals surface area contributed by atoms with Crippen molar-refractivity contribution in [2.45, 2.75) is 51.0 Å². The van der Waals surface area contributed by atoms with Gasteiger partial charge in [-0.25, -0.2) is 4.39 Å². The normalized spacial score (nSPS) is 38.7. The fourth-order valence-electron chi connectivity index (χ4n) is 5.77. The standard InChI is InChI=1S/C18H23ClFN/c19-15-2-1-11(6-16(15)20)7-17(21)18-8-12-3-13(9-18)5-14(4-12)10-18/h1-2,6,12-14,17H,3-5,7-10,21H2. The van der Waals surface area contributed by atoms with E-state index in [9.17, 15) is 4.39 Å². The minimum absolute atomic E-state index is 0.159. The molecule has 1 aromatic rings. The second kappa shape index (κ2) is 4.96. The minimum Gasteiger partial charge on any atom is -0.327 e. The van der Waals surface area contributed by atoms with Gasteiger partial charge >= 0.3 is 0 Å². The van der Waals surface area contributed by atoms with Crippen molar-refractivity contribution in [2.75, 3.05) is 0 Å². The van der Waals surface area contributed by atoms with E-state index in [0.29, 0.717) is 5.41 Å². The van der Waals surface area contributed by atoms with Crippen molar-refractivity contribution in [2.24, 2.45) is 28.9 Å². The second-order valence-corrected chi connectivity index (χ2v) is 8.25. The van der Waals surface area contributed by atoms with Gasteiger partial charge in [-0.1, -0.05) is 17.7 Å². The van der Waals surface area contributed by atoms with E-state index in [4.69, 9.17) is 17.3 Å². The van der Waals surface area contributed by atoms with Gasteiger partial charge in [-0.15, -0.1) is 0 Å². The Bertz CT molecular complexity index is 521. The van der Waals surface area contributed by atoms with E-state index in [1.165, 1.54) is 38.5 Å². The zero-order valence-corrected chi connectivity index (χ0v) is 13.1. The second-order valence-electron chi connectivity index (χ2n) is 7.84. The van der Waals surface area contributed by atoms with Gasteiger partial charge in [0.1, 0.15) is 5.82 Å². The van der Waals surface area contributed by atoms with Crippen molar-refractivity contribution in [3.05, 3.63) is 34.6 Å². The Morgan fingerprint density at radius 2 is 1.71 bits per heavy atom. The molecule has 4 saturated carbocycles. The van der Waals surface area contributed by atoms with Crippen LogP contribution in [0.1, 0.15) is 44.1 Å². The van der Waals surface area contributed by atoms with E-state index >= 15 is 0 Å². The first-order chi connectivity index (χ1) is 10.0. The third-order valence-electron chi connectivity index (χ3n) is 6.31. The largest absolute Gasteiger partial charge is 0.327 e. The lowest BCUT2D eigenvalue weighted by molar-refractivity contribution is -0.0667. The number of nitrogens with two attached hydrogens (primary N) is 1. The van der Waals surface area contributed by atoms with E-state index in [2.05, 4.69) is 0 Å². The number of benzene rings is 1. The van der Waals surface area contributed by atoms with Gasteiger partial charge in [0.2, 0.25) is 0 Å². The summed E-state index contributed by atoms with van der Waals surface area (Å²) in [5.41, 5.74) is 7.95. The molecule has 0 saturated heterocycles. The van der Waals surface area contributed by atoms with Crippen LogP contribution < -0.4 is 5.73 Å². The molecule has 4 fully saturated rings. The average molecular weight is 308 g/mol. The van der Waals surface area contributed by atoms with E-state index in [0.717, 1.165) is 29.7 Å². The van der Waals surface area contributed by atoms with E-state index in [1.54, 1.807) is 12.1 Å². The summed E-state index contributed by atoms with van der Waals surface area (Å²) in [4.78, 5) is 0. The zero-order chi connectivity index (χ0) is 14.6. The van der Waals surface area contributed by atoms with Gasteiger partial charge in [0, 0.05) is 6.04 Å². The van der Waals surface area contributed by atoms with Gasteiger partial charge in [-0.3, -0.25) is 0 Å². The number of hydrogen-bond acceptors (Lipinski definition) is 1. The Morgan fingerprint density at radius 1 is 1.14 bits per heavy atom. The number of hydrogen-bond donors (Lipinski definition) is 1. The van der Waals surface area contributed by atoms with Gasteiger partial charge in [0.05, 0.1) is 5.02 Å². The van der Waals surface area contributed by atoms with Crippen molar-refractivity contribution in [1.29, 1.82) is 0 Å². The third kappa shape index (κ3) is 2.41. The Morgan fingerprint density at radius 3 is 2.24 bits per heavy atom.